The van der Waals surface area contributed by atoms with Gasteiger partial charge in [0.2, 0.25) is 10.0 Å². The van der Waals surface area contributed by atoms with Crippen LogP contribution in [-0.2, 0) is 14.8 Å². The van der Waals surface area contributed by atoms with Crippen molar-refractivity contribution in [3.05, 3.63) is 29.8 Å². The average molecular weight is 328 g/mol. The summed E-state index contributed by atoms with van der Waals surface area (Å²) >= 11 is 0. The maximum atomic E-state index is 12.3. The minimum Gasteiger partial charge on any atom is -0.383 e. The monoisotopic (exact) mass is 328 g/mol. The third-order valence-electron chi connectivity index (χ3n) is 3.25. The molecular weight excluding hydrogens is 304 g/mol. The highest BCUT2D eigenvalue weighted by molar-refractivity contribution is 7.89. The van der Waals surface area contributed by atoms with E-state index in [0.29, 0.717) is 25.3 Å². The lowest BCUT2D eigenvalue weighted by Crippen LogP contribution is -2.35. The van der Waals surface area contributed by atoms with Gasteiger partial charge >= 0.3 is 0 Å². The molecule has 0 radical (unpaired) electrons. The zero-order valence-electron chi connectivity index (χ0n) is 13.5. The van der Waals surface area contributed by atoms with Gasteiger partial charge < -0.3 is 10.1 Å². The highest BCUT2D eigenvalue weighted by Gasteiger charge is 2.21. The number of amides is 1. The molecule has 1 rings (SSSR count). The third-order valence-corrected chi connectivity index (χ3v) is 5.32. The first-order chi connectivity index (χ1) is 10.4. The Balaban J connectivity index is 2.89. The number of rotatable bonds is 8. The summed E-state index contributed by atoms with van der Waals surface area (Å²) in [4.78, 5) is 12.2. The molecule has 1 aromatic carbocycles. The second-order valence-corrected chi connectivity index (χ2v) is 6.88. The van der Waals surface area contributed by atoms with E-state index in [2.05, 4.69) is 5.32 Å². The van der Waals surface area contributed by atoms with Crippen molar-refractivity contribution in [2.24, 2.45) is 0 Å². The fourth-order valence-corrected chi connectivity index (χ4v) is 3.55. The van der Waals surface area contributed by atoms with Gasteiger partial charge in [0.05, 0.1) is 11.5 Å². The Morgan fingerprint density at radius 1 is 1.23 bits per heavy atom. The predicted molar refractivity (Wildman–Crippen MR) is 85.4 cm³/mol. The van der Waals surface area contributed by atoms with Gasteiger partial charge in [0.15, 0.2) is 0 Å². The fourth-order valence-electron chi connectivity index (χ4n) is 2.09. The van der Waals surface area contributed by atoms with Crippen molar-refractivity contribution in [1.29, 1.82) is 0 Å². The molecule has 0 aromatic heterocycles. The summed E-state index contributed by atoms with van der Waals surface area (Å²) < 4.78 is 31.0. The first-order valence-electron chi connectivity index (χ1n) is 7.26. The first kappa shape index (κ1) is 18.6. The standard InChI is InChI=1S/C15H24N2O4S/c1-5-17(6-2)22(19,20)14-9-7-13(8-10-14)15(18)16-12(3)11-21-4/h7-10,12H,5-6,11H2,1-4H3,(H,16,18)/t12-/m0/s1. The van der Waals surface area contributed by atoms with Crippen molar-refractivity contribution in [3.8, 4) is 0 Å². The predicted octanol–water partition coefficient (Wildman–Crippen LogP) is 1.48. The Bertz CT molecular complexity index is 580. The van der Waals surface area contributed by atoms with Crippen molar-refractivity contribution in [2.75, 3.05) is 26.8 Å². The van der Waals surface area contributed by atoms with E-state index in [9.17, 15) is 13.2 Å². The van der Waals surface area contributed by atoms with Crippen LogP contribution in [0.15, 0.2) is 29.2 Å². The Hall–Kier alpha value is -1.44. The number of ether oxygens (including phenoxy) is 1. The average Bonchev–Trinajstić information content (AvgIpc) is 2.48. The summed E-state index contributed by atoms with van der Waals surface area (Å²) in [5.41, 5.74) is 0.418. The van der Waals surface area contributed by atoms with Crippen LogP contribution in [0.3, 0.4) is 0 Å². The minimum atomic E-state index is -3.49. The van der Waals surface area contributed by atoms with Crippen molar-refractivity contribution in [1.82, 2.24) is 9.62 Å². The number of benzene rings is 1. The number of sulfonamides is 1. The highest BCUT2D eigenvalue weighted by Crippen LogP contribution is 2.16. The summed E-state index contributed by atoms with van der Waals surface area (Å²) in [6.07, 6.45) is 0. The lowest BCUT2D eigenvalue weighted by atomic mass is 10.2. The van der Waals surface area contributed by atoms with E-state index in [1.807, 2.05) is 6.92 Å². The van der Waals surface area contributed by atoms with E-state index in [0.717, 1.165) is 0 Å². The van der Waals surface area contributed by atoms with Crippen LogP contribution in [0.2, 0.25) is 0 Å². The van der Waals surface area contributed by atoms with E-state index in [1.165, 1.54) is 28.6 Å². The SMILES string of the molecule is CCN(CC)S(=O)(=O)c1ccc(C(=O)N[C@@H](C)COC)cc1. The van der Waals surface area contributed by atoms with Crippen LogP contribution in [0.4, 0.5) is 0 Å². The molecule has 0 spiro atoms. The number of nitrogens with zero attached hydrogens (tertiary/aromatic N) is 1. The Kier molecular flexibility index (Phi) is 6.99. The van der Waals surface area contributed by atoms with Crippen molar-refractivity contribution in [3.63, 3.8) is 0 Å². The zero-order valence-corrected chi connectivity index (χ0v) is 14.3. The molecule has 6 nitrogen and oxygen atoms in total. The van der Waals surface area contributed by atoms with E-state index >= 15 is 0 Å². The first-order valence-corrected chi connectivity index (χ1v) is 8.70. The van der Waals surface area contributed by atoms with Crippen molar-refractivity contribution >= 4 is 15.9 Å². The zero-order chi connectivity index (χ0) is 16.8. The molecule has 7 heteroatoms. The molecule has 0 unspecified atom stereocenters. The van der Waals surface area contributed by atoms with Crippen LogP contribution < -0.4 is 5.32 Å². The van der Waals surface area contributed by atoms with Gasteiger partial charge in [0.1, 0.15) is 0 Å². The quantitative estimate of drug-likeness (QED) is 0.784. The minimum absolute atomic E-state index is 0.114. The molecule has 0 heterocycles. The topological polar surface area (TPSA) is 75.7 Å². The lowest BCUT2D eigenvalue weighted by Gasteiger charge is -2.18. The molecule has 1 amide bonds. The summed E-state index contributed by atoms with van der Waals surface area (Å²) in [6, 6.07) is 5.85. The second-order valence-electron chi connectivity index (χ2n) is 4.94. The fraction of sp³-hybridized carbons (Fsp3) is 0.533. The van der Waals surface area contributed by atoms with Crippen LogP contribution in [0, 0.1) is 0 Å². The summed E-state index contributed by atoms with van der Waals surface area (Å²) in [5.74, 6) is -0.253. The van der Waals surface area contributed by atoms with Crippen LogP contribution in [0.25, 0.3) is 0 Å². The van der Waals surface area contributed by atoms with Crippen LogP contribution >= 0.6 is 0 Å². The largest absolute Gasteiger partial charge is 0.383 e. The molecular formula is C15H24N2O4S. The smallest absolute Gasteiger partial charge is 0.251 e. The van der Waals surface area contributed by atoms with Gasteiger partial charge in [-0.1, -0.05) is 13.8 Å². The number of hydrogen-bond acceptors (Lipinski definition) is 4. The van der Waals surface area contributed by atoms with Crippen molar-refractivity contribution < 1.29 is 17.9 Å². The molecule has 0 saturated carbocycles. The summed E-state index contributed by atoms with van der Waals surface area (Å²) in [6.45, 7) is 6.66. The Morgan fingerprint density at radius 3 is 2.23 bits per heavy atom. The Morgan fingerprint density at radius 2 is 1.77 bits per heavy atom. The third kappa shape index (κ3) is 4.53. The van der Waals surface area contributed by atoms with E-state index < -0.39 is 10.0 Å². The number of carbonyl (C=O) groups excluding carboxylic acids is 1. The molecule has 124 valence electrons. The summed E-state index contributed by atoms with van der Waals surface area (Å²) in [5, 5.41) is 2.78. The molecule has 0 fully saturated rings. The summed E-state index contributed by atoms with van der Waals surface area (Å²) in [7, 11) is -1.93. The molecule has 22 heavy (non-hydrogen) atoms. The molecule has 1 N–H and O–H groups in total. The molecule has 1 atom stereocenters. The maximum Gasteiger partial charge on any atom is 0.251 e. The molecule has 0 aliphatic carbocycles. The van der Waals surface area contributed by atoms with E-state index in [-0.39, 0.29) is 16.8 Å². The van der Waals surface area contributed by atoms with E-state index in [4.69, 9.17) is 4.74 Å². The number of carbonyl (C=O) groups is 1. The molecule has 0 saturated heterocycles. The number of nitrogens with one attached hydrogen (secondary N) is 1. The van der Waals surface area contributed by atoms with Gasteiger partial charge in [0, 0.05) is 31.8 Å². The second kappa shape index (κ2) is 8.26. The van der Waals surface area contributed by atoms with Gasteiger partial charge in [-0.3, -0.25) is 4.79 Å². The molecule has 0 aliphatic heterocycles. The van der Waals surface area contributed by atoms with E-state index in [1.54, 1.807) is 21.0 Å². The number of hydrogen-bond donors (Lipinski definition) is 1. The number of methoxy groups -OCH3 is 1. The van der Waals surface area contributed by atoms with Crippen LogP contribution in [0.1, 0.15) is 31.1 Å². The van der Waals surface area contributed by atoms with Gasteiger partial charge in [-0.15, -0.1) is 0 Å². The van der Waals surface area contributed by atoms with Crippen LogP contribution in [0.5, 0.6) is 0 Å². The van der Waals surface area contributed by atoms with Crippen molar-refractivity contribution in [2.45, 2.75) is 31.7 Å². The van der Waals surface area contributed by atoms with Gasteiger partial charge in [-0.25, -0.2) is 8.42 Å². The molecule has 1 aromatic rings. The Labute approximate surface area is 132 Å². The maximum absolute atomic E-state index is 12.3. The van der Waals surface area contributed by atoms with Crippen LogP contribution in [-0.4, -0.2) is 51.5 Å². The van der Waals surface area contributed by atoms with Gasteiger partial charge in [-0.2, -0.15) is 4.31 Å². The highest BCUT2D eigenvalue weighted by atomic mass is 32.2. The van der Waals surface area contributed by atoms with Gasteiger partial charge in [0.25, 0.3) is 5.91 Å². The normalized spacial score (nSPS) is 13.1. The lowest BCUT2D eigenvalue weighted by molar-refractivity contribution is 0.0905. The molecule has 0 bridgehead atoms. The van der Waals surface area contributed by atoms with Gasteiger partial charge in [-0.05, 0) is 31.2 Å². The molecule has 0 aliphatic rings.